The summed E-state index contributed by atoms with van der Waals surface area (Å²) in [5, 5.41) is 10.9. The number of fused-ring (bicyclic) bond motifs is 1. The maximum Gasteiger partial charge on any atom is 0.360 e. The predicted molar refractivity (Wildman–Crippen MR) is 90.6 cm³/mol. The first kappa shape index (κ1) is 16.7. The zero-order valence-corrected chi connectivity index (χ0v) is 13.8. The summed E-state index contributed by atoms with van der Waals surface area (Å²) in [6.45, 7) is 1.87. The topological polar surface area (TPSA) is 124 Å². The van der Waals surface area contributed by atoms with E-state index in [0.717, 1.165) is 0 Å². The molecule has 1 amide bonds. The number of rotatable bonds is 4. The van der Waals surface area contributed by atoms with Crippen molar-refractivity contribution in [1.82, 2.24) is 19.6 Å². The van der Waals surface area contributed by atoms with E-state index in [9.17, 15) is 9.59 Å². The summed E-state index contributed by atoms with van der Waals surface area (Å²) in [5.74, 6) is -1.20. The van der Waals surface area contributed by atoms with Crippen LogP contribution in [-0.2, 0) is 4.74 Å². The van der Waals surface area contributed by atoms with E-state index >= 15 is 0 Å². The van der Waals surface area contributed by atoms with Crippen LogP contribution in [0.2, 0.25) is 5.02 Å². The zero-order chi connectivity index (χ0) is 18.0. The normalized spacial score (nSPS) is 10.6. The smallest absolute Gasteiger partial charge is 0.360 e. The van der Waals surface area contributed by atoms with E-state index in [0.29, 0.717) is 10.7 Å². The molecular formula is C15H13ClN6O3. The highest BCUT2D eigenvalue weighted by Gasteiger charge is 2.21. The number of nitrogens with one attached hydrogen (secondary N) is 1. The van der Waals surface area contributed by atoms with Gasteiger partial charge in [-0.1, -0.05) is 11.6 Å². The number of imidazole rings is 1. The molecule has 2 aromatic heterocycles. The minimum absolute atomic E-state index is 0.000452. The number of carbonyl (C=O) groups excluding carboxylic acids is 2. The van der Waals surface area contributed by atoms with Gasteiger partial charge in [0.15, 0.2) is 17.0 Å². The summed E-state index contributed by atoms with van der Waals surface area (Å²) in [5.41, 5.74) is 6.48. The van der Waals surface area contributed by atoms with Crippen LogP contribution < -0.4 is 11.1 Å². The van der Waals surface area contributed by atoms with Gasteiger partial charge >= 0.3 is 5.97 Å². The molecule has 10 heteroatoms. The summed E-state index contributed by atoms with van der Waals surface area (Å²) < 4.78 is 6.19. The third-order valence-electron chi connectivity index (χ3n) is 3.28. The van der Waals surface area contributed by atoms with E-state index < -0.39 is 11.9 Å². The van der Waals surface area contributed by atoms with Crippen LogP contribution in [0.1, 0.15) is 27.9 Å². The monoisotopic (exact) mass is 360 g/mol. The molecule has 0 aliphatic heterocycles. The fraction of sp³-hybridized carbons (Fsp3) is 0.133. The summed E-state index contributed by atoms with van der Waals surface area (Å²) in [4.78, 5) is 28.1. The molecule has 9 nitrogen and oxygen atoms in total. The Kier molecular flexibility index (Phi) is 4.48. The quantitative estimate of drug-likeness (QED) is 0.679. The number of aromatic nitrogens is 4. The van der Waals surface area contributed by atoms with Crippen molar-refractivity contribution in [2.75, 3.05) is 17.7 Å². The molecule has 0 bridgehead atoms. The van der Waals surface area contributed by atoms with Crippen molar-refractivity contribution in [1.29, 1.82) is 0 Å². The Morgan fingerprint density at radius 3 is 2.64 bits per heavy atom. The van der Waals surface area contributed by atoms with Gasteiger partial charge in [0.05, 0.1) is 6.61 Å². The van der Waals surface area contributed by atoms with E-state index in [-0.39, 0.29) is 29.5 Å². The lowest BCUT2D eigenvalue weighted by atomic mass is 10.3. The molecule has 0 aliphatic carbocycles. The molecule has 0 unspecified atom stereocenters. The summed E-state index contributed by atoms with van der Waals surface area (Å²) in [7, 11) is 0. The minimum Gasteiger partial charge on any atom is -0.461 e. The van der Waals surface area contributed by atoms with Crippen LogP contribution in [0.25, 0.3) is 5.65 Å². The zero-order valence-electron chi connectivity index (χ0n) is 13.1. The Balaban J connectivity index is 1.92. The second-order valence-electron chi connectivity index (χ2n) is 4.90. The van der Waals surface area contributed by atoms with Crippen LogP contribution in [0.3, 0.4) is 0 Å². The fourth-order valence-corrected chi connectivity index (χ4v) is 2.23. The Labute approximate surface area is 146 Å². The number of ether oxygens (including phenoxy) is 1. The van der Waals surface area contributed by atoms with Crippen molar-refractivity contribution in [3.8, 4) is 0 Å². The van der Waals surface area contributed by atoms with E-state index in [2.05, 4.69) is 20.5 Å². The predicted octanol–water partition coefficient (Wildman–Crippen LogP) is 1.79. The van der Waals surface area contributed by atoms with E-state index in [1.165, 1.54) is 10.7 Å². The second kappa shape index (κ2) is 6.73. The number of hydrogen-bond donors (Lipinski definition) is 2. The van der Waals surface area contributed by atoms with Crippen LogP contribution in [-0.4, -0.2) is 38.1 Å². The SMILES string of the molecule is CCOC(=O)c1ncn2c(N)c(C(=O)Nc3ccc(Cl)cc3)nnc12. The average Bonchev–Trinajstić information content (AvgIpc) is 3.02. The number of carbonyl (C=O) groups is 2. The lowest BCUT2D eigenvalue weighted by Crippen LogP contribution is -2.19. The lowest BCUT2D eigenvalue weighted by Gasteiger charge is -2.07. The maximum atomic E-state index is 12.4. The van der Waals surface area contributed by atoms with Gasteiger partial charge in [0.2, 0.25) is 0 Å². The molecule has 3 rings (SSSR count). The Morgan fingerprint density at radius 1 is 1.24 bits per heavy atom. The van der Waals surface area contributed by atoms with E-state index in [1.807, 2.05) is 0 Å². The summed E-state index contributed by atoms with van der Waals surface area (Å²) in [6.07, 6.45) is 1.28. The van der Waals surface area contributed by atoms with E-state index in [4.69, 9.17) is 22.1 Å². The number of nitrogens with two attached hydrogens (primary N) is 1. The first-order chi connectivity index (χ1) is 12.0. The number of anilines is 2. The van der Waals surface area contributed by atoms with Crippen molar-refractivity contribution in [2.45, 2.75) is 6.92 Å². The highest BCUT2D eigenvalue weighted by atomic mass is 35.5. The Morgan fingerprint density at radius 2 is 1.96 bits per heavy atom. The van der Waals surface area contributed by atoms with Gasteiger partial charge in [-0.15, -0.1) is 10.2 Å². The van der Waals surface area contributed by atoms with Crippen LogP contribution in [0.4, 0.5) is 11.5 Å². The van der Waals surface area contributed by atoms with Crippen molar-refractivity contribution >= 4 is 40.6 Å². The van der Waals surface area contributed by atoms with Crippen molar-refractivity contribution < 1.29 is 14.3 Å². The fourth-order valence-electron chi connectivity index (χ4n) is 2.11. The highest BCUT2D eigenvalue weighted by Crippen LogP contribution is 2.17. The van der Waals surface area contributed by atoms with Gasteiger partial charge in [-0.25, -0.2) is 9.78 Å². The van der Waals surface area contributed by atoms with Crippen molar-refractivity contribution in [3.63, 3.8) is 0 Å². The number of hydrogen-bond acceptors (Lipinski definition) is 7. The molecule has 0 aliphatic rings. The van der Waals surface area contributed by atoms with Gasteiger partial charge in [-0.3, -0.25) is 9.20 Å². The van der Waals surface area contributed by atoms with Gasteiger partial charge in [0.1, 0.15) is 12.1 Å². The molecule has 0 spiro atoms. The third kappa shape index (κ3) is 3.22. The van der Waals surface area contributed by atoms with Crippen molar-refractivity contribution in [3.05, 3.63) is 47.0 Å². The molecule has 128 valence electrons. The van der Waals surface area contributed by atoms with Crippen LogP contribution >= 0.6 is 11.6 Å². The standard InChI is InChI=1S/C15H13ClN6O3/c1-2-25-15(24)11-13-21-20-10(12(17)22(13)7-18-11)14(23)19-9-5-3-8(16)4-6-9/h3-7H,2,17H2,1H3,(H,19,23). The lowest BCUT2D eigenvalue weighted by molar-refractivity contribution is 0.0522. The molecule has 2 heterocycles. The van der Waals surface area contributed by atoms with Crippen molar-refractivity contribution in [2.24, 2.45) is 0 Å². The molecule has 0 saturated heterocycles. The molecule has 25 heavy (non-hydrogen) atoms. The molecule has 0 saturated carbocycles. The minimum atomic E-state index is -0.642. The average molecular weight is 361 g/mol. The van der Waals surface area contributed by atoms with Crippen LogP contribution in [0.15, 0.2) is 30.6 Å². The molecule has 1 aromatic carbocycles. The first-order valence-corrected chi connectivity index (χ1v) is 7.62. The van der Waals surface area contributed by atoms with E-state index in [1.54, 1.807) is 31.2 Å². The third-order valence-corrected chi connectivity index (χ3v) is 3.53. The van der Waals surface area contributed by atoms with Crippen LogP contribution in [0.5, 0.6) is 0 Å². The summed E-state index contributed by atoms with van der Waals surface area (Å²) in [6, 6.07) is 6.55. The second-order valence-corrected chi connectivity index (χ2v) is 5.34. The molecule has 3 aromatic rings. The number of amides is 1. The van der Waals surface area contributed by atoms with Gasteiger partial charge < -0.3 is 15.8 Å². The number of nitrogen functional groups attached to an aromatic ring is 1. The number of esters is 1. The number of halogens is 1. The molecule has 0 radical (unpaired) electrons. The first-order valence-electron chi connectivity index (χ1n) is 7.24. The molecule has 0 atom stereocenters. The summed E-state index contributed by atoms with van der Waals surface area (Å²) >= 11 is 5.80. The van der Waals surface area contributed by atoms with Gasteiger partial charge in [0, 0.05) is 10.7 Å². The maximum absolute atomic E-state index is 12.4. The Hall–Kier alpha value is -3.20. The Bertz CT molecular complexity index is 954. The van der Waals surface area contributed by atoms with Gasteiger partial charge in [0.25, 0.3) is 5.91 Å². The molecular weight excluding hydrogens is 348 g/mol. The highest BCUT2D eigenvalue weighted by molar-refractivity contribution is 6.30. The number of nitrogens with zero attached hydrogens (tertiary/aromatic N) is 4. The molecule has 0 fully saturated rings. The van der Waals surface area contributed by atoms with Gasteiger partial charge in [-0.05, 0) is 31.2 Å². The number of benzene rings is 1. The molecule has 3 N–H and O–H groups in total. The largest absolute Gasteiger partial charge is 0.461 e. The van der Waals surface area contributed by atoms with Gasteiger partial charge in [-0.2, -0.15) is 0 Å². The van der Waals surface area contributed by atoms with Crippen LogP contribution in [0, 0.1) is 0 Å².